The van der Waals surface area contributed by atoms with Crippen LogP contribution in [0.2, 0.25) is 0 Å². The van der Waals surface area contributed by atoms with Gasteiger partial charge in [0, 0.05) is 12.6 Å². The van der Waals surface area contributed by atoms with Crippen molar-refractivity contribution in [3.8, 4) is 0 Å². The maximum atomic E-state index is 12.2. The molecule has 3 unspecified atom stereocenters. The lowest BCUT2D eigenvalue weighted by Crippen LogP contribution is -2.47. The quantitative estimate of drug-likeness (QED) is 0.870. The van der Waals surface area contributed by atoms with E-state index < -0.39 is 10.8 Å². The second-order valence-corrected chi connectivity index (χ2v) is 6.37. The van der Waals surface area contributed by atoms with Gasteiger partial charge in [0.15, 0.2) is 0 Å². The number of hydrogen-bond acceptors (Lipinski definition) is 4. The molecule has 3 atom stereocenters. The number of thiophene rings is 1. The van der Waals surface area contributed by atoms with Gasteiger partial charge in [0.1, 0.15) is 0 Å². The average molecular weight is 245 g/mol. The van der Waals surface area contributed by atoms with E-state index in [1.54, 1.807) is 11.3 Å². The van der Waals surface area contributed by atoms with Crippen LogP contribution in [-0.4, -0.2) is 35.8 Å². The predicted molar refractivity (Wildman–Crippen MR) is 62.8 cm³/mol. The Morgan fingerprint density at radius 2 is 2.53 bits per heavy atom. The zero-order valence-electron chi connectivity index (χ0n) is 8.64. The molecule has 0 amide bonds. The van der Waals surface area contributed by atoms with Gasteiger partial charge < -0.3 is 10.1 Å². The van der Waals surface area contributed by atoms with E-state index in [9.17, 15) is 4.21 Å². The van der Waals surface area contributed by atoms with E-state index in [1.807, 2.05) is 24.6 Å². The van der Waals surface area contributed by atoms with Crippen LogP contribution in [0.15, 0.2) is 21.7 Å². The van der Waals surface area contributed by atoms with Gasteiger partial charge in [-0.1, -0.05) is 6.07 Å². The van der Waals surface area contributed by atoms with Crippen molar-refractivity contribution in [2.75, 3.05) is 20.3 Å². The molecule has 2 rings (SSSR count). The number of hydrogen-bond donors (Lipinski definition) is 1. The van der Waals surface area contributed by atoms with Gasteiger partial charge in [0.05, 0.1) is 26.9 Å². The summed E-state index contributed by atoms with van der Waals surface area (Å²) >= 11 is 1.55. The average Bonchev–Trinajstić information content (AvgIpc) is 2.81. The summed E-state index contributed by atoms with van der Waals surface area (Å²) in [5, 5.41) is 5.28. The molecule has 1 fully saturated rings. The molecule has 15 heavy (non-hydrogen) atoms. The summed E-state index contributed by atoms with van der Waals surface area (Å²) in [7, 11) is 0.988. The van der Waals surface area contributed by atoms with Crippen molar-refractivity contribution >= 4 is 22.1 Å². The van der Waals surface area contributed by atoms with E-state index in [2.05, 4.69) is 5.32 Å². The molecule has 0 aliphatic carbocycles. The first-order valence-corrected chi connectivity index (χ1v) is 7.11. The maximum absolute atomic E-state index is 12.2. The van der Waals surface area contributed by atoms with Crippen LogP contribution in [0.5, 0.6) is 0 Å². The van der Waals surface area contributed by atoms with Crippen LogP contribution in [0.25, 0.3) is 0 Å². The molecule has 1 aromatic rings. The van der Waals surface area contributed by atoms with Crippen LogP contribution in [0.4, 0.5) is 0 Å². The summed E-state index contributed by atoms with van der Waals surface area (Å²) in [6.07, 6.45) is 0.943. The Labute approximate surface area is 96.3 Å². The fourth-order valence-corrected chi connectivity index (χ4v) is 4.45. The normalized spacial score (nSPS) is 28.9. The Morgan fingerprint density at radius 1 is 1.67 bits per heavy atom. The summed E-state index contributed by atoms with van der Waals surface area (Å²) < 4.78 is 18.6. The molecule has 1 aromatic heterocycles. The lowest BCUT2D eigenvalue weighted by molar-refractivity contribution is 0.0838. The smallest absolute Gasteiger partial charge is 0.0914 e. The van der Waals surface area contributed by atoms with Crippen molar-refractivity contribution in [2.45, 2.75) is 21.9 Å². The van der Waals surface area contributed by atoms with Gasteiger partial charge in [0.2, 0.25) is 0 Å². The Kier molecular flexibility index (Phi) is 3.91. The third kappa shape index (κ3) is 2.47. The third-order valence-corrected chi connectivity index (χ3v) is 5.63. The number of rotatable bonds is 3. The van der Waals surface area contributed by atoms with Crippen LogP contribution < -0.4 is 5.32 Å². The Morgan fingerprint density at radius 3 is 3.20 bits per heavy atom. The van der Waals surface area contributed by atoms with Gasteiger partial charge in [-0.05, 0) is 24.9 Å². The highest BCUT2D eigenvalue weighted by Gasteiger charge is 2.30. The molecular formula is C10H15NO2S2. The minimum atomic E-state index is -0.938. The first-order valence-electron chi connectivity index (χ1n) is 5.02. The van der Waals surface area contributed by atoms with E-state index in [4.69, 9.17) is 4.74 Å². The molecular weight excluding hydrogens is 230 g/mol. The zero-order chi connectivity index (χ0) is 10.7. The SMILES string of the molecule is CNC1CCOCC1S(=O)c1cccs1. The summed E-state index contributed by atoms with van der Waals surface area (Å²) in [4.78, 5) is 0. The number of ether oxygens (including phenoxy) is 1. The Balaban J connectivity index is 2.11. The second kappa shape index (κ2) is 5.21. The van der Waals surface area contributed by atoms with Gasteiger partial charge in [-0.15, -0.1) is 11.3 Å². The van der Waals surface area contributed by atoms with Gasteiger partial charge >= 0.3 is 0 Å². The molecule has 5 heteroatoms. The van der Waals surface area contributed by atoms with Gasteiger partial charge in [-0.2, -0.15) is 0 Å². The van der Waals surface area contributed by atoms with Crippen molar-refractivity contribution in [3.05, 3.63) is 17.5 Å². The number of nitrogens with one attached hydrogen (secondary N) is 1. The molecule has 1 N–H and O–H groups in total. The van der Waals surface area contributed by atoms with E-state index in [-0.39, 0.29) is 5.25 Å². The van der Waals surface area contributed by atoms with Gasteiger partial charge in [0.25, 0.3) is 0 Å². The summed E-state index contributed by atoms with van der Waals surface area (Å²) in [5.41, 5.74) is 0. The first-order chi connectivity index (χ1) is 7.33. The molecule has 0 radical (unpaired) electrons. The highest BCUT2D eigenvalue weighted by molar-refractivity contribution is 7.88. The summed E-state index contributed by atoms with van der Waals surface area (Å²) in [5.74, 6) is 0. The topological polar surface area (TPSA) is 38.3 Å². The van der Waals surface area contributed by atoms with E-state index >= 15 is 0 Å². The molecule has 1 saturated heterocycles. The lowest BCUT2D eigenvalue weighted by Gasteiger charge is -2.30. The van der Waals surface area contributed by atoms with E-state index in [1.165, 1.54) is 0 Å². The lowest BCUT2D eigenvalue weighted by atomic mass is 10.1. The van der Waals surface area contributed by atoms with E-state index in [0.717, 1.165) is 17.2 Å². The second-order valence-electron chi connectivity index (χ2n) is 3.53. The minimum absolute atomic E-state index is 0.0856. The molecule has 0 spiro atoms. The van der Waals surface area contributed by atoms with Gasteiger partial charge in [-0.25, -0.2) is 0 Å². The monoisotopic (exact) mass is 245 g/mol. The molecule has 0 saturated carbocycles. The molecule has 0 aromatic carbocycles. The standard InChI is InChI=1S/C10H15NO2S2/c1-11-8-4-5-13-7-9(8)15(12)10-3-2-6-14-10/h2-3,6,8-9,11H,4-5,7H2,1H3. The van der Waals surface area contributed by atoms with Crippen molar-refractivity contribution in [1.82, 2.24) is 5.32 Å². The fraction of sp³-hybridized carbons (Fsp3) is 0.600. The summed E-state index contributed by atoms with van der Waals surface area (Å²) in [6.45, 7) is 1.36. The molecule has 0 bridgehead atoms. The highest BCUT2D eigenvalue weighted by atomic mass is 32.2. The highest BCUT2D eigenvalue weighted by Crippen LogP contribution is 2.22. The van der Waals surface area contributed by atoms with Crippen LogP contribution in [-0.2, 0) is 15.5 Å². The van der Waals surface area contributed by atoms with Crippen LogP contribution in [0.3, 0.4) is 0 Å². The van der Waals surface area contributed by atoms with Crippen molar-refractivity contribution in [3.63, 3.8) is 0 Å². The van der Waals surface area contributed by atoms with Gasteiger partial charge in [-0.3, -0.25) is 4.21 Å². The Bertz CT molecular complexity index is 326. The van der Waals surface area contributed by atoms with Crippen molar-refractivity contribution in [1.29, 1.82) is 0 Å². The predicted octanol–water partition coefficient (Wildman–Crippen LogP) is 1.23. The maximum Gasteiger partial charge on any atom is 0.0914 e. The fourth-order valence-electron chi connectivity index (χ4n) is 1.78. The third-order valence-electron chi connectivity index (χ3n) is 2.64. The van der Waals surface area contributed by atoms with Crippen LogP contribution in [0.1, 0.15) is 6.42 Å². The Hall–Kier alpha value is -0.230. The molecule has 1 aliphatic heterocycles. The van der Waals surface area contributed by atoms with E-state index in [0.29, 0.717) is 12.6 Å². The van der Waals surface area contributed by atoms with Crippen LogP contribution in [0, 0.1) is 0 Å². The zero-order valence-corrected chi connectivity index (χ0v) is 10.3. The van der Waals surface area contributed by atoms with Crippen molar-refractivity contribution < 1.29 is 8.95 Å². The minimum Gasteiger partial charge on any atom is -0.380 e. The molecule has 3 nitrogen and oxygen atoms in total. The largest absolute Gasteiger partial charge is 0.380 e. The van der Waals surface area contributed by atoms with Crippen molar-refractivity contribution in [2.24, 2.45) is 0 Å². The summed E-state index contributed by atoms with van der Waals surface area (Å²) in [6, 6.07) is 4.18. The molecule has 1 aliphatic rings. The first kappa shape index (κ1) is 11.3. The molecule has 84 valence electrons. The van der Waals surface area contributed by atoms with Crippen LogP contribution >= 0.6 is 11.3 Å². The molecule has 2 heterocycles.